The maximum Gasteiger partial charge on any atom is 0.252 e. The third-order valence-electron chi connectivity index (χ3n) is 3.51. The monoisotopic (exact) mass is 279 g/mol. The highest BCUT2D eigenvalue weighted by atomic mass is 32.2. The van der Waals surface area contributed by atoms with Crippen molar-refractivity contribution in [1.82, 2.24) is 5.32 Å². The van der Waals surface area contributed by atoms with E-state index in [0.29, 0.717) is 19.4 Å². The summed E-state index contributed by atoms with van der Waals surface area (Å²) < 4.78 is 0. The molecule has 0 unspecified atom stereocenters. The van der Waals surface area contributed by atoms with E-state index in [1.54, 1.807) is 11.8 Å². The smallest absolute Gasteiger partial charge is 0.252 e. The third kappa shape index (κ3) is 4.25. The number of aryl methyl sites for hydroxylation is 1. The zero-order valence-electron chi connectivity index (χ0n) is 11.1. The van der Waals surface area contributed by atoms with Crippen LogP contribution in [0.25, 0.3) is 0 Å². The Bertz CT molecular complexity index is 402. The molecule has 1 fully saturated rings. The van der Waals surface area contributed by atoms with Gasteiger partial charge < -0.3 is 10.4 Å². The molecule has 1 aromatic rings. The fourth-order valence-corrected chi connectivity index (χ4v) is 3.41. The molecule has 0 radical (unpaired) electrons. The van der Waals surface area contributed by atoms with E-state index in [0.717, 1.165) is 24.3 Å². The van der Waals surface area contributed by atoms with Crippen LogP contribution in [0.3, 0.4) is 0 Å². The van der Waals surface area contributed by atoms with Crippen molar-refractivity contribution in [2.75, 3.05) is 18.1 Å². The second-order valence-electron chi connectivity index (χ2n) is 4.99. The summed E-state index contributed by atoms with van der Waals surface area (Å²) in [7, 11) is 0. The second kappa shape index (κ2) is 6.96. The number of carbonyl (C=O) groups is 1. The molecule has 1 aliphatic rings. The molecule has 1 heterocycles. The average molecular weight is 279 g/mol. The van der Waals surface area contributed by atoms with Crippen molar-refractivity contribution in [3.8, 4) is 0 Å². The summed E-state index contributed by atoms with van der Waals surface area (Å²) in [5, 5.41) is 13.1. The molecule has 3 nitrogen and oxygen atoms in total. The normalized spacial score (nSPS) is 17.9. The Labute approximate surface area is 118 Å². The number of hydrogen-bond donors (Lipinski definition) is 2. The molecule has 0 aliphatic carbocycles. The lowest BCUT2D eigenvalue weighted by Crippen LogP contribution is -2.49. The number of carbonyl (C=O) groups excluding carboxylic acids is 1. The number of benzene rings is 1. The van der Waals surface area contributed by atoms with Gasteiger partial charge in [0.1, 0.15) is 5.60 Å². The van der Waals surface area contributed by atoms with Crippen molar-refractivity contribution in [3.63, 3.8) is 0 Å². The summed E-state index contributed by atoms with van der Waals surface area (Å²) in [4.78, 5) is 12.0. The van der Waals surface area contributed by atoms with Gasteiger partial charge in [0.05, 0.1) is 0 Å². The zero-order valence-corrected chi connectivity index (χ0v) is 11.9. The summed E-state index contributed by atoms with van der Waals surface area (Å²) in [6.07, 6.45) is 3.00. The maximum absolute atomic E-state index is 12.0. The summed E-state index contributed by atoms with van der Waals surface area (Å²) in [6, 6.07) is 10.2. The average Bonchev–Trinajstić information content (AvgIpc) is 2.45. The number of rotatable bonds is 5. The summed E-state index contributed by atoms with van der Waals surface area (Å²) in [6.45, 7) is 0.628. The van der Waals surface area contributed by atoms with E-state index in [1.165, 1.54) is 5.56 Å². The Morgan fingerprint density at radius 2 is 1.95 bits per heavy atom. The molecule has 104 valence electrons. The van der Waals surface area contributed by atoms with Crippen LogP contribution in [-0.4, -0.2) is 34.7 Å². The highest BCUT2D eigenvalue weighted by Gasteiger charge is 2.36. The minimum atomic E-state index is -1.13. The van der Waals surface area contributed by atoms with E-state index < -0.39 is 5.60 Å². The van der Waals surface area contributed by atoms with Gasteiger partial charge in [0.25, 0.3) is 5.91 Å². The molecular weight excluding hydrogens is 258 g/mol. The van der Waals surface area contributed by atoms with E-state index in [-0.39, 0.29) is 5.91 Å². The van der Waals surface area contributed by atoms with E-state index >= 15 is 0 Å². The molecule has 1 aromatic carbocycles. The Hall–Kier alpha value is -1.00. The fraction of sp³-hybridized carbons (Fsp3) is 0.533. The molecule has 1 saturated heterocycles. The van der Waals surface area contributed by atoms with Crippen LogP contribution in [0.4, 0.5) is 0 Å². The van der Waals surface area contributed by atoms with E-state index in [1.807, 2.05) is 18.2 Å². The molecule has 0 saturated carbocycles. The van der Waals surface area contributed by atoms with Crippen LogP contribution < -0.4 is 5.32 Å². The molecule has 4 heteroatoms. The van der Waals surface area contributed by atoms with Gasteiger partial charge >= 0.3 is 0 Å². The zero-order chi connectivity index (χ0) is 13.6. The maximum atomic E-state index is 12.0. The third-order valence-corrected chi connectivity index (χ3v) is 4.50. The number of aliphatic hydroxyl groups is 1. The Morgan fingerprint density at radius 1 is 1.26 bits per heavy atom. The van der Waals surface area contributed by atoms with Gasteiger partial charge in [-0.05, 0) is 42.8 Å². The Balaban J connectivity index is 1.69. The fourth-order valence-electron chi connectivity index (χ4n) is 2.24. The van der Waals surface area contributed by atoms with Gasteiger partial charge in [0, 0.05) is 6.54 Å². The lowest BCUT2D eigenvalue weighted by Gasteiger charge is -2.30. The first kappa shape index (κ1) is 14.4. The van der Waals surface area contributed by atoms with Gasteiger partial charge in [-0.15, -0.1) is 0 Å². The molecule has 0 bridgehead atoms. The number of hydrogen-bond acceptors (Lipinski definition) is 3. The van der Waals surface area contributed by atoms with Crippen molar-refractivity contribution >= 4 is 17.7 Å². The van der Waals surface area contributed by atoms with Gasteiger partial charge in [0.2, 0.25) is 0 Å². The van der Waals surface area contributed by atoms with Gasteiger partial charge in [-0.1, -0.05) is 30.3 Å². The molecular formula is C15H21NO2S. The van der Waals surface area contributed by atoms with Crippen molar-refractivity contribution in [2.45, 2.75) is 31.3 Å². The van der Waals surface area contributed by atoms with E-state index in [2.05, 4.69) is 17.4 Å². The summed E-state index contributed by atoms with van der Waals surface area (Å²) in [5.41, 5.74) is 0.155. The molecule has 1 amide bonds. The first-order chi connectivity index (χ1) is 9.21. The van der Waals surface area contributed by atoms with Crippen LogP contribution in [0.2, 0.25) is 0 Å². The molecule has 0 atom stereocenters. The first-order valence-electron chi connectivity index (χ1n) is 6.83. The minimum Gasteiger partial charge on any atom is -0.380 e. The Morgan fingerprint density at radius 3 is 2.63 bits per heavy atom. The standard InChI is InChI=1S/C15H21NO2S/c17-14(15(18)8-11-19-12-9-15)16-10-4-7-13-5-2-1-3-6-13/h1-3,5-6,18H,4,7-12H2,(H,16,17). The Kier molecular flexibility index (Phi) is 5.28. The van der Waals surface area contributed by atoms with Crippen molar-refractivity contribution in [2.24, 2.45) is 0 Å². The largest absolute Gasteiger partial charge is 0.380 e. The van der Waals surface area contributed by atoms with Gasteiger partial charge in [-0.25, -0.2) is 0 Å². The van der Waals surface area contributed by atoms with Gasteiger partial charge in [-0.3, -0.25) is 4.79 Å². The summed E-state index contributed by atoms with van der Waals surface area (Å²) in [5.74, 6) is 1.54. The molecule has 2 N–H and O–H groups in total. The predicted molar refractivity (Wildman–Crippen MR) is 79.3 cm³/mol. The number of amides is 1. The van der Waals surface area contributed by atoms with Crippen LogP contribution in [-0.2, 0) is 11.2 Å². The minimum absolute atomic E-state index is 0.194. The highest BCUT2D eigenvalue weighted by Crippen LogP contribution is 2.26. The van der Waals surface area contributed by atoms with Crippen LogP contribution in [0.15, 0.2) is 30.3 Å². The van der Waals surface area contributed by atoms with E-state index in [9.17, 15) is 9.90 Å². The molecule has 2 rings (SSSR count). The predicted octanol–water partition coefficient (Wildman–Crippen LogP) is 1.99. The lowest BCUT2D eigenvalue weighted by molar-refractivity contribution is -0.140. The van der Waals surface area contributed by atoms with Gasteiger partial charge in [0.15, 0.2) is 0 Å². The number of thioether (sulfide) groups is 1. The summed E-state index contributed by atoms with van der Waals surface area (Å²) >= 11 is 1.80. The first-order valence-corrected chi connectivity index (χ1v) is 7.98. The van der Waals surface area contributed by atoms with Crippen LogP contribution in [0.5, 0.6) is 0 Å². The SMILES string of the molecule is O=C(NCCCc1ccccc1)C1(O)CCSCC1. The lowest BCUT2D eigenvalue weighted by atomic mass is 9.96. The topological polar surface area (TPSA) is 49.3 Å². The van der Waals surface area contributed by atoms with Crippen LogP contribution >= 0.6 is 11.8 Å². The van der Waals surface area contributed by atoms with Crippen molar-refractivity contribution < 1.29 is 9.90 Å². The molecule has 0 spiro atoms. The highest BCUT2D eigenvalue weighted by molar-refractivity contribution is 7.99. The van der Waals surface area contributed by atoms with Crippen LogP contribution in [0.1, 0.15) is 24.8 Å². The van der Waals surface area contributed by atoms with Gasteiger partial charge in [-0.2, -0.15) is 11.8 Å². The van der Waals surface area contributed by atoms with E-state index in [4.69, 9.17) is 0 Å². The quantitative estimate of drug-likeness (QED) is 0.811. The van der Waals surface area contributed by atoms with Crippen molar-refractivity contribution in [1.29, 1.82) is 0 Å². The molecule has 0 aromatic heterocycles. The number of nitrogens with one attached hydrogen (secondary N) is 1. The van der Waals surface area contributed by atoms with Crippen LogP contribution in [0, 0.1) is 0 Å². The molecule has 1 aliphatic heterocycles. The van der Waals surface area contributed by atoms with Crippen molar-refractivity contribution in [3.05, 3.63) is 35.9 Å². The second-order valence-corrected chi connectivity index (χ2v) is 6.21. The molecule has 19 heavy (non-hydrogen) atoms.